The van der Waals surface area contributed by atoms with Crippen molar-refractivity contribution >= 4 is 23.0 Å². The SMILES string of the molecule is CC1=NN(c2ccccc2C)C(=O)C1=CNc1ccccc1. The van der Waals surface area contributed by atoms with E-state index in [1.807, 2.05) is 68.4 Å². The summed E-state index contributed by atoms with van der Waals surface area (Å²) in [5, 5.41) is 8.99. The molecule has 1 N–H and O–H groups in total. The zero-order valence-electron chi connectivity index (χ0n) is 12.6. The molecule has 1 heterocycles. The highest BCUT2D eigenvalue weighted by Gasteiger charge is 2.29. The highest BCUT2D eigenvalue weighted by atomic mass is 16.2. The Bertz CT molecular complexity index is 763. The molecule has 1 aliphatic rings. The summed E-state index contributed by atoms with van der Waals surface area (Å²) in [7, 11) is 0. The number of hydrogen-bond donors (Lipinski definition) is 1. The number of carbonyl (C=O) groups excluding carboxylic acids is 1. The van der Waals surface area contributed by atoms with Gasteiger partial charge in [-0.05, 0) is 37.6 Å². The van der Waals surface area contributed by atoms with Gasteiger partial charge in [-0.2, -0.15) is 10.1 Å². The second-order valence-electron chi connectivity index (χ2n) is 5.16. The number of anilines is 2. The van der Waals surface area contributed by atoms with E-state index in [1.165, 1.54) is 5.01 Å². The molecule has 0 atom stereocenters. The summed E-state index contributed by atoms with van der Waals surface area (Å²) in [5.41, 5.74) is 4.05. The Morgan fingerprint density at radius 1 is 1.00 bits per heavy atom. The van der Waals surface area contributed by atoms with E-state index in [4.69, 9.17) is 0 Å². The van der Waals surface area contributed by atoms with Crippen molar-refractivity contribution in [3.05, 3.63) is 71.9 Å². The van der Waals surface area contributed by atoms with Crippen LogP contribution in [0, 0.1) is 6.92 Å². The van der Waals surface area contributed by atoms with Gasteiger partial charge in [0.2, 0.25) is 0 Å². The van der Waals surface area contributed by atoms with Crippen LogP contribution in [-0.4, -0.2) is 11.6 Å². The maximum Gasteiger partial charge on any atom is 0.282 e. The van der Waals surface area contributed by atoms with Crippen molar-refractivity contribution in [2.24, 2.45) is 5.10 Å². The first kappa shape index (κ1) is 14.1. The molecule has 1 aliphatic heterocycles. The summed E-state index contributed by atoms with van der Waals surface area (Å²) >= 11 is 0. The minimum atomic E-state index is -0.116. The molecule has 4 heteroatoms. The normalized spacial score (nSPS) is 16.1. The van der Waals surface area contributed by atoms with E-state index in [9.17, 15) is 4.79 Å². The lowest BCUT2D eigenvalue weighted by molar-refractivity contribution is -0.114. The molecule has 110 valence electrons. The largest absolute Gasteiger partial charge is 0.361 e. The number of rotatable bonds is 3. The van der Waals surface area contributed by atoms with E-state index in [0.717, 1.165) is 16.9 Å². The predicted octanol–water partition coefficient (Wildman–Crippen LogP) is 3.71. The van der Waals surface area contributed by atoms with Crippen LogP contribution in [0.4, 0.5) is 11.4 Å². The summed E-state index contributed by atoms with van der Waals surface area (Å²) < 4.78 is 0. The van der Waals surface area contributed by atoms with Gasteiger partial charge in [0.25, 0.3) is 5.91 Å². The van der Waals surface area contributed by atoms with E-state index >= 15 is 0 Å². The number of amides is 1. The number of nitrogens with one attached hydrogen (secondary N) is 1. The van der Waals surface area contributed by atoms with Crippen LogP contribution in [0.1, 0.15) is 12.5 Å². The van der Waals surface area contributed by atoms with E-state index in [1.54, 1.807) is 6.20 Å². The van der Waals surface area contributed by atoms with Crippen LogP contribution in [0.25, 0.3) is 0 Å². The fourth-order valence-electron chi connectivity index (χ4n) is 2.34. The Morgan fingerprint density at radius 3 is 2.41 bits per heavy atom. The van der Waals surface area contributed by atoms with Crippen LogP contribution in [-0.2, 0) is 4.79 Å². The molecule has 0 aliphatic carbocycles. The molecular weight excluding hydrogens is 274 g/mol. The molecule has 0 aromatic heterocycles. The predicted molar refractivity (Wildman–Crippen MR) is 89.9 cm³/mol. The molecule has 22 heavy (non-hydrogen) atoms. The van der Waals surface area contributed by atoms with Gasteiger partial charge in [0.15, 0.2) is 0 Å². The fourth-order valence-corrected chi connectivity index (χ4v) is 2.34. The van der Waals surface area contributed by atoms with Gasteiger partial charge in [0.05, 0.1) is 17.0 Å². The van der Waals surface area contributed by atoms with Crippen molar-refractivity contribution in [1.29, 1.82) is 0 Å². The molecule has 0 saturated heterocycles. The monoisotopic (exact) mass is 291 g/mol. The molecular formula is C18H17N3O. The van der Waals surface area contributed by atoms with Crippen LogP contribution in [0.2, 0.25) is 0 Å². The number of hydrogen-bond acceptors (Lipinski definition) is 3. The summed E-state index contributed by atoms with van der Waals surface area (Å²) in [5.74, 6) is -0.116. The van der Waals surface area contributed by atoms with Crippen LogP contribution in [0.5, 0.6) is 0 Å². The van der Waals surface area contributed by atoms with Gasteiger partial charge in [-0.1, -0.05) is 36.4 Å². The van der Waals surface area contributed by atoms with Crippen LogP contribution in [0.3, 0.4) is 0 Å². The molecule has 0 fully saturated rings. The molecule has 3 rings (SSSR count). The molecule has 2 aromatic carbocycles. The van der Waals surface area contributed by atoms with E-state index in [-0.39, 0.29) is 5.91 Å². The maximum absolute atomic E-state index is 12.6. The number of benzene rings is 2. The van der Waals surface area contributed by atoms with Crippen molar-refractivity contribution in [2.45, 2.75) is 13.8 Å². The van der Waals surface area contributed by atoms with Crippen LogP contribution < -0.4 is 10.3 Å². The standard InChI is InChI=1S/C18H17N3O/c1-13-8-6-7-11-17(13)21-18(22)16(14(2)20-21)12-19-15-9-4-3-5-10-15/h3-12,19H,1-2H3. The second-order valence-corrected chi connectivity index (χ2v) is 5.16. The van der Waals surface area contributed by atoms with Gasteiger partial charge in [-0.15, -0.1) is 0 Å². The molecule has 0 bridgehead atoms. The fraction of sp³-hybridized carbons (Fsp3) is 0.111. The average Bonchev–Trinajstić information content (AvgIpc) is 2.81. The zero-order valence-corrected chi connectivity index (χ0v) is 12.6. The first-order valence-electron chi connectivity index (χ1n) is 7.14. The lowest BCUT2D eigenvalue weighted by Crippen LogP contribution is -2.22. The molecule has 0 radical (unpaired) electrons. The molecule has 0 saturated carbocycles. The van der Waals surface area contributed by atoms with Crippen molar-refractivity contribution in [1.82, 2.24) is 0 Å². The summed E-state index contributed by atoms with van der Waals surface area (Å²) in [6.45, 7) is 3.81. The molecule has 0 unspecified atom stereocenters. The number of para-hydroxylation sites is 2. The summed E-state index contributed by atoms with van der Waals surface area (Å²) in [6, 6.07) is 17.5. The Morgan fingerprint density at radius 2 is 1.68 bits per heavy atom. The van der Waals surface area contributed by atoms with Gasteiger partial charge < -0.3 is 5.32 Å². The second kappa shape index (κ2) is 5.85. The zero-order chi connectivity index (χ0) is 15.5. The van der Waals surface area contributed by atoms with Crippen molar-refractivity contribution in [3.8, 4) is 0 Å². The quantitative estimate of drug-likeness (QED) is 0.876. The molecule has 2 aromatic rings. The third kappa shape index (κ3) is 2.63. The Kier molecular flexibility index (Phi) is 3.74. The summed E-state index contributed by atoms with van der Waals surface area (Å²) in [4.78, 5) is 12.6. The Labute approximate surface area is 129 Å². The maximum atomic E-state index is 12.6. The number of carbonyl (C=O) groups is 1. The lowest BCUT2D eigenvalue weighted by Gasteiger charge is -2.14. The van der Waals surface area contributed by atoms with Gasteiger partial charge in [0, 0.05) is 11.9 Å². The number of nitrogens with zero attached hydrogens (tertiary/aromatic N) is 2. The van der Waals surface area contributed by atoms with E-state index < -0.39 is 0 Å². The van der Waals surface area contributed by atoms with Crippen molar-refractivity contribution in [3.63, 3.8) is 0 Å². The van der Waals surface area contributed by atoms with Gasteiger partial charge in [-0.25, -0.2) is 0 Å². The summed E-state index contributed by atoms with van der Waals surface area (Å²) in [6.07, 6.45) is 1.72. The van der Waals surface area contributed by atoms with Crippen molar-refractivity contribution < 1.29 is 4.79 Å². The molecule has 0 spiro atoms. The van der Waals surface area contributed by atoms with Gasteiger partial charge in [-0.3, -0.25) is 4.79 Å². The first-order valence-corrected chi connectivity index (χ1v) is 7.14. The highest BCUT2D eigenvalue weighted by molar-refractivity contribution is 6.29. The highest BCUT2D eigenvalue weighted by Crippen LogP contribution is 2.26. The average molecular weight is 291 g/mol. The van der Waals surface area contributed by atoms with Crippen LogP contribution in [0.15, 0.2) is 71.5 Å². The molecule has 4 nitrogen and oxygen atoms in total. The minimum Gasteiger partial charge on any atom is -0.361 e. The first-order chi connectivity index (χ1) is 10.7. The third-order valence-electron chi connectivity index (χ3n) is 3.56. The van der Waals surface area contributed by atoms with Gasteiger partial charge >= 0.3 is 0 Å². The minimum absolute atomic E-state index is 0.116. The van der Waals surface area contributed by atoms with Gasteiger partial charge in [0.1, 0.15) is 0 Å². The lowest BCUT2D eigenvalue weighted by atomic mass is 10.1. The van der Waals surface area contributed by atoms with Crippen LogP contribution >= 0.6 is 0 Å². The number of hydrazone groups is 1. The topological polar surface area (TPSA) is 44.7 Å². The third-order valence-corrected chi connectivity index (χ3v) is 3.56. The van der Waals surface area contributed by atoms with E-state index in [0.29, 0.717) is 11.3 Å². The number of aryl methyl sites for hydroxylation is 1. The Hall–Kier alpha value is -2.88. The Balaban J connectivity index is 1.86. The van der Waals surface area contributed by atoms with E-state index in [2.05, 4.69) is 10.4 Å². The van der Waals surface area contributed by atoms with Crippen molar-refractivity contribution in [2.75, 3.05) is 10.3 Å². The molecule has 1 amide bonds. The smallest absolute Gasteiger partial charge is 0.282 e.